The van der Waals surface area contributed by atoms with Crippen LogP contribution in [0.15, 0.2) is 48.7 Å². The van der Waals surface area contributed by atoms with Gasteiger partial charge in [-0.05, 0) is 37.4 Å². The van der Waals surface area contributed by atoms with Crippen molar-refractivity contribution in [2.24, 2.45) is 0 Å². The van der Waals surface area contributed by atoms with Crippen molar-refractivity contribution < 1.29 is 22.7 Å². The van der Waals surface area contributed by atoms with Crippen LogP contribution in [0.2, 0.25) is 0 Å². The number of likely N-dealkylation sites (tertiary alicyclic amines) is 1. The molecule has 1 aliphatic rings. The van der Waals surface area contributed by atoms with Crippen LogP contribution in [0.1, 0.15) is 12.8 Å². The fourth-order valence-electron chi connectivity index (χ4n) is 4.66. The van der Waals surface area contributed by atoms with Crippen LogP contribution in [0.3, 0.4) is 0 Å². The molecular weight excluding hydrogens is 509 g/mol. The topological polar surface area (TPSA) is 92.3 Å². The lowest BCUT2D eigenvalue weighted by atomic mass is 10.00. The van der Waals surface area contributed by atoms with E-state index in [-0.39, 0.29) is 58.4 Å². The molecule has 8 nitrogen and oxygen atoms in total. The fraction of sp³-hybridized carbons (Fsp3) is 0.286. The van der Waals surface area contributed by atoms with Crippen LogP contribution < -0.4 is 15.4 Å². The number of amides is 1. The van der Waals surface area contributed by atoms with Crippen LogP contribution in [-0.4, -0.2) is 65.6 Å². The smallest absolute Gasteiger partial charge is 0.318 e. The highest BCUT2D eigenvalue weighted by molar-refractivity contribution is 5.99. The third kappa shape index (κ3) is 5.63. The third-order valence-electron chi connectivity index (χ3n) is 6.58. The molecule has 0 spiro atoms. The molecule has 3 heterocycles. The molecular formula is C28H27F3N6O2. The van der Waals surface area contributed by atoms with Crippen LogP contribution in [0.25, 0.3) is 32.9 Å². The number of benzene rings is 2. The van der Waals surface area contributed by atoms with E-state index in [0.717, 1.165) is 25.7 Å². The van der Waals surface area contributed by atoms with Gasteiger partial charge in [-0.3, -0.25) is 14.7 Å². The van der Waals surface area contributed by atoms with E-state index in [9.17, 15) is 13.6 Å². The summed E-state index contributed by atoms with van der Waals surface area (Å²) in [5.74, 6) is -2.91. The Labute approximate surface area is 222 Å². The van der Waals surface area contributed by atoms with Gasteiger partial charge in [0.2, 0.25) is 5.91 Å². The number of aromatic nitrogens is 3. The number of fused-ring (bicyclic) bond motifs is 2. The first-order valence-electron chi connectivity index (χ1n) is 12.6. The molecule has 5 rings (SSSR count). The van der Waals surface area contributed by atoms with E-state index in [1.807, 2.05) is 6.08 Å². The van der Waals surface area contributed by atoms with E-state index in [1.54, 1.807) is 12.1 Å². The molecule has 0 atom stereocenters. The molecule has 39 heavy (non-hydrogen) atoms. The van der Waals surface area contributed by atoms with Gasteiger partial charge in [-0.1, -0.05) is 30.3 Å². The molecule has 0 aliphatic carbocycles. The van der Waals surface area contributed by atoms with Crippen LogP contribution in [0.4, 0.5) is 19.0 Å². The normalized spacial score (nSPS) is 13.9. The van der Waals surface area contributed by atoms with E-state index < -0.39 is 17.5 Å². The van der Waals surface area contributed by atoms with Crippen LogP contribution in [0, 0.1) is 17.5 Å². The Morgan fingerprint density at radius 2 is 1.90 bits per heavy atom. The number of anilines is 1. The Kier molecular flexibility index (Phi) is 7.87. The van der Waals surface area contributed by atoms with Crippen molar-refractivity contribution in [2.75, 3.05) is 45.2 Å². The first-order chi connectivity index (χ1) is 19.0. The van der Waals surface area contributed by atoms with E-state index in [2.05, 4.69) is 30.5 Å². The minimum Gasteiger partial charge on any atom is -0.467 e. The van der Waals surface area contributed by atoms with Gasteiger partial charge in [0.15, 0.2) is 17.5 Å². The van der Waals surface area contributed by atoms with Crippen molar-refractivity contribution in [3.05, 3.63) is 66.1 Å². The second-order valence-corrected chi connectivity index (χ2v) is 9.13. The van der Waals surface area contributed by atoms with E-state index in [0.29, 0.717) is 5.39 Å². The lowest BCUT2D eigenvalue weighted by Gasteiger charge is -2.13. The molecule has 11 heteroatoms. The standard InChI is InChI=1S/C28H27F3N6O2/c1-39-28-35-26-19(27(36-28)33-12-11-32-21(38)8-5-15-37-13-2-3-14-37)16-34-25(24(26)31)18-7-4-6-17-9-10-20(29)23(30)22(17)18/h4-10,16H,2-3,11-15H2,1H3,(H,32,38)(H,33,35,36)/b8-5+. The van der Waals surface area contributed by atoms with Gasteiger partial charge >= 0.3 is 6.01 Å². The van der Waals surface area contributed by atoms with Crippen molar-refractivity contribution in [3.8, 4) is 17.3 Å². The number of ether oxygens (including phenoxy) is 1. The molecule has 202 valence electrons. The number of hydrogen-bond donors (Lipinski definition) is 2. The summed E-state index contributed by atoms with van der Waals surface area (Å²) in [7, 11) is 1.35. The van der Waals surface area contributed by atoms with Gasteiger partial charge in [-0.15, -0.1) is 0 Å². The van der Waals surface area contributed by atoms with Crippen molar-refractivity contribution in [1.82, 2.24) is 25.2 Å². The predicted molar refractivity (Wildman–Crippen MR) is 143 cm³/mol. The molecule has 1 saturated heterocycles. The average molecular weight is 537 g/mol. The molecule has 2 aromatic heterocycles. The average Bonchev–Trinajstić information content (AvgIpc) is 3.47. The highest BCUT2D eigenvalue weighted by atomic mass is 19.2. The van der Waals surface area contributed by atoms with Crippen molar-refractivity contribution in [3.63, 3.8) is 0 Å². The molecule has 4 aromatic rings. The first kappa shape index (κ1) is 26.4. The summed E-state index contributed by atoms with van der Waals surface area (Å²) in [6, 6.07) is 7.05. The largest absolute Gasteiger partial charge is 0.467 e. The maximum Gasteiger partial charge on any atom is 0.318 e. The van der Waals surface area contributed by atoms with Crippen molar-refractivity contribution in [1.29, 1.82) is 0 Å². The van der Waals surface area contributed by atoms with Gasteiger partial charge in [0.25, 0.3) is 0 Å². The Morgan fingerprint density at radius 1 is 1.08 bits per heavy atom. The quantitative estimate of drug-likeness (QED) is 0.241. The molecule has 2 aromatic carbocycles. The van der Waals surface area contributed by atoms with Crippen LogP contribution >= 0.6 is 0 Å². The zero-order valence-electron chi connectivity index (χ0n) is 21.3. The second kappa shape index (κ2) is 11.6. The SMILES string of the molecule is COc1nc(NCCNC(=O)/C=C/CN2CCCC2)c2cnc(-c3cccc4ccc(F)c(F)c34)c(F)c2n1. The molecule has 0 saturated carbocycles. The Balaban J connectivity index is 1.36. The van der Waals surface area contributed by atoms with Gasteiger partial charge in [0, 0.05) is 42.9 Å². The summed E-state index contributed by atoms with van der Waals surface area (Å²) in [6.45, 7) is 3.44. The molecule has 0 unspecified atom stereocenters. The minimum atomic E-state index is -1.08. The number of hydrogen-bond acceptors (Lipinski definition) is 7. The Hall–Kier alpha value is -4.25. The molecule has 2 N–H and O–H groups in total. The van der Waals surface area contributed by atoms with Crippen molar-refractivity contribution in [2.45, 2.75) is 12.8 Å². The van der Waals surface area contributed by atoms with Gasteiger partial charge in [-0.2, -0.15) is 9.97 Å². The molecule has 1 fully saturated rings. The lowest BCUT2D eigenvalue weighted by molar-refractivity contribution is -0.116. The van der Waals surface area contributed by atoms with Crippen LogP contribution in [0.5, 0.6) is 6.01 Å². The second-order valence-electron chi connectivity index (χ2n) is 9.13. The van der Waals surface area contributed by atoms with Crippen molar-refractivity contribution >= 4 is 33.4 Å². The maximum atomic E-state index is 15.8. The minimum absolute atomic E-state index is 0.0761. The summed E-state index contributed by atoms with van der Waals surface area (Å²) >= 11 is 0. The Bertz CT molecular complexity index is 1560. The molecule has 1 aliphatic heterocycles. The summed E-state index contributed by atoms with van der Waals surface area (Å²) in [6.07, 6.45) is 7.11. The van der Waals surface area contributed by atoms with E-state index in [1.165, 1.54) is 44.4 Å². The highest BCUT2D eigenvalue weighted by Gasteiger charge is 2.21. The lowest BCUT2D eigenvalue weighted by Crippen LogP contribution is -2.28. The number of nitrogens with one attached hydrogen (secondary N) is 2. The monoisotopic (exact) mass is 536 g/mol. The summed E-state index contributed by atoms with van der Waals surface area (Å²) in [4.78, 5) is 27.0. The number of pyridine rings is 1. The number of halogens is 3. The van der Waals surface area contributed by atoms with Gasteiger partial charge in [0.1, 0.15) is 17.0 Å². The maximum absolute atomic E-state index is 15.8. The van der Waals surface area contributed by atoms with Crippen LogP contribution in [-0.2, 0) is 4.79 Å². The number of methoxy groups -OCH3 is 1. The van der Waals surface area contributed by atoms with E-state index in [4.69, 9.17) is 4.74 Å². The zero-order chi connectivity index (χ0) is 27.4. The number of rotatable bonds is 9. The van der Waals surface area contributed by atoms with E-state index >= 15 is 4.39 Å². The van der Waals surface area contributed by atoms with Gasteiger partial charge in [-0.25, -0.2) is 13.2 Å². The molecule has 0 radical (unpaired) electrons. The molecule has 1 amide bonds. The highest BCUT2D eigenvalue weighted by Crippen LogP contribution is 2.35. The zero-order valence-corrected chi connectivity index (χ0v) is 21.3. The Morgan fingerprint density at radius 3 is 2.69 bits per heavy atom. The summed E-state index contributed by atoms with van der Waals surface area (Å²) < 4.78 is 49.7. The summed E-state index contributed by atoms with van der Waals surface area (Å²) in [5.41, 5.74) is -0.189. The molecule has 0 bridgehead atoms. The number of carbonyl (C=O) groups is 1. The van der Waals surface area contributed by atoms with Gasteiger partial charge < -0.3 is 15.4 Å². The fourth-order valence-corrected chi connectivity index (χ4v) is 4.66. The number of carbonyl (C=O) groups excluding carboxylic acids is 1. The first-order valence-corrected chi connectivity index (χ1v) is 12.6. The predicted octanol–water partition coefficient (Wildman–Crippen LogP) is 4.45. The summed E-state index contributed by atoms with van der Waals surface area (Å²) in [5, 5.41) is 6.44. The van der Waals surface area contributed by atoms with Gasteiger partial charge in [0.05, 0.1) is 12.5 Å². The third-order valence-corrected chi connectivity index (χ3v) is 6.58. The number of nitrogens with zero attached hydrogens (tertiary/aromatic N) is 4.